The first-order valence-electron chi connectivity index (χ1n) is 3.71. The van der Waals surface area contributed by atoms with Crippen molar-refractivity contribution in [1.29, 1.82) is 0 Å². The van der Waals surface area contributed by atoms with Crippen LogP contribution in [-0.4, -0.2) is 17.2 Å². The van der Waals surface area contributed by atoms with Crippen LogP contribution in [0, 0.1) is 0 Å². The van der Waals surface area contributed by atoms with E-state index < -0.39 is 7.12 Å². The first-order chi connectivity index (χ1) is 4.72. The van der Waals surface area contributed by atoms with Crippen LogP contribution in [0.2, 0.25) is 5.82 Å². The Morgan fingerprint density at radius 3 is 2.50 bits per heavy atom. The highest BCUT2D eigenvalue weighted by molar-refractivity contribution is 6.43. The summed E-state index contributed by atoms with van der Waals surface area (Å²) in [6, 6.07) is 0. The predicted molar refractivity (Wildman–Crippen MR) is 43.7 cm³/mol. The third-order valence-corrected chi connectivity index (χ3v) is 1.58. The summed E-state index contributed by atoms with van der Waals surface area (Å²) in [5.41, 5.74) is 0. The number of unbranched alkanes of at least 4 members (excludes halogenated alkanes) is 1. The zero-order valence-electron chi connectivity index (χ0n) is 6.45. The summed E-state index contributed by atoms with van der Waals surface area (Å²) in [7, 11) is -1.23. The number of hydrogen-bond donors (Lipinski definition) is 2. The van der Waals surface area contributed by atoms with Gasteiger partial charge in [-0.3, -0.25) is 0 Å². The first-order valence-corrected chi connectivity index (χ1v) is 3.71. The zero-order chi connectivity index (χ0) is 7.98. The van der Waals surface area contributed by atoms with E-state index in [9.17, 15) is 0 Å². The van der Waals surface area contributed by atoms with Gasteiger partial charge in [-0.25, -0.2) is 0 Å². The molecule has 2 nitrogen and oxygen atoms in total. The van der Waals surface area contributed by atoms with Crippen LogP contribution in [0.3, 0.4) is 0 Å². The smallest absolute Gasteiger partial charge is 0.427 e. The van der Waals surface area contributed by atoms with Gasteiger partial charge in [0.15, 0.2) is 0 Å². The molecule has 0 heterocycles. The summed E-state index contributed by atoms with van der Waals surface area (Å²) >= 11 is 0. The van der Waals surface area contributed by atoms with Gasteiger partial charge in [-0.05, 0) is 6.42 Å². The molecule has 0 aliphatic carbocycles. The Bertz CT molecular complexity index is 93.6. The average Bonchev–Trinajstić information content (AvgIpc) is 1.89. The van der Waals surface area contributed by atoms with E-state index in [-0.39, 0.29) is 5.82 Å². The topological polar surface area (TPSA) is 40.5 Å². The second-order valence-corrected chi connectivity index (χ2v) is 2.46. The monoisotopic (exact) mass is 142 g/mol. The maximum Gasteiger partial charge on any atom is 0.458 e. The summed E-state index contributed by atoms with van der Waals surface area (Å²) in [5.74, 6) is -0.153. The van der Waals surface area contributed by atoms with Crippen molar-refractivity contribution in [3.8, 4) is 0 Å². The molecule has 0 saturated carbocycles. The van der Waals surface area contributed by atoms with Gasteiger partial charge < -0.3 is 10.0 Å². The molecule has 0 aliphatic rings. The highest BCUT2D eigenvalue weighted by Crippen LogP contribution is 2.16. The molecular weight excluding hydrogens is 127 g/mol. The summed E-state index contributed by atoms with van der Waals surface area (Å²) in [4.78, 5) is 0. The molecule has 0 aliphatic heterocycles. The van der Waals surface area contributed by atoms with Crippen LogP contribution in [0.15, 0.2) is 12.7 Å². The van der Waals surface area contributed by atoms with E-state index in [1.165, 1.54) is 0 Å². The van der Waals surface area contributed by atoms with Gasteiger partial charge in [-0.1, -0.05) is 25.8 Å². The molecule has 0 bridgehead atoms. The minimum absolute atomic E-state index is 0.153. The second-order valence-electron chi connectivity index (χ2n) is 2.46. The van der Waals surface area contributed by atoms with Crippen molar-refractivity contribution in [2.24, 2.45) is 0 Å². The fourth-order valence-corrected chi connectivity index (χ4v) is 0.828. The maximum atomic E-state index is 8.72. The van der Waals surface area contributed by atoms with Crippen LogP contribution in [0.1, 0.15) is 26.2 Å². The van der Waals surface area contributed by atoms with Gasteiger partial charge in [0.1, 0.15) is 0 Å². The number of hydrogen-bond acceptors (Lipinski definition) is 2. The van der Waals surface area contributed by atoms with E-state index in [0.29, 0.717) is 0 Å². The Kier molecular flexibility index (Phi) is 5.35. The van der Waals surface area contributed by atoms with E-state index in [0.717, 1.165) is 19.3 Å². The van der Waals surface area contributed by atoms with Gasteiger partial charge in [0.05, 0.1) is 0 Å². The van der Waals surface area contributed by atoms with E-state index in [4.69, 9.17) is 10.0 Å². The molecule has 0 amide bonds. The van der Waals surface area contributed by atoms with Crippen LogP contribution < -0.4 is 0 Å². The fraction of sp³-hybridized carbons (Fsp3) is 0.714. The minimum atomic E-state index is -1.23. The molecule has 0 aromatic carbocycles. The first kappa shape index (κ1) is 9.72. The Hall–Kier alpha value is -0.275. The average molecular weight is 142 g/mol. The summed E-state index contributed by atoms with van der Waals surface area (Å²) in [6.45, 7) is 5.59. The maximum absolute atomic E-state index is 8.72. The second kappa shape index (κ2) is 5.51. The molecule has 3 heteroatoms. The minimum Gasteiger partial charge on any atom is -0.427 e. The van der Waals surface area contributed by atoms with Crippen molar-refractivity contribution in [2.75, 3.05) is 0 Å². The van der Waals surface area contributed by atoms with Gasteiger partial charge in [0.2, 0.25) is 0 Å². The van der Waals surface area contributed by atoms with E-state index in [1.54, 1.807) is 6.08 Å². The van der Waals surface area contributed by atoms with Crippen molar-refractivity contribution in [3.05, 3.63) is 12.7 Å². The molecule has 1 unspecified atom stereocenters. The molecule has 2 N–H and O–H groups in total. The molecule has 0 saturated heterocycles. The van der Waals surface area contributed by atoms with Crippen molar-refractivity contribution in [2.45, 2.75) is 32.0 Å². The fourth-order valence-electron chi connectivity index (χ4n) is 0.828. The van der Waals surface area contributed by atoms with Crippen molar-refractivity contribution in [3.63, 3.8) is 0 Å². The number of allylic oxidation sites excluding steroid dienone is 1. The predicted octanol–water partition coefficient (Wildman–Crippen LogP) is 1.21. The highest BCUT2D eigenvalue weighted by Gasteiger charge is 2.18. The molecule has 0 aromatic rings. The summed E-state index contributed by atoms with van der Waals surface area (Å²) in [6.07, 6.45) is 4.52. The van der Waals surface area contributed by atoms with Crippen LogP contribution in [0.25, 0.3) is 0 Å². The summed E-state index contributed by atoms with van der Waals surface area (Å²) in [5, 5.41) is 17.4. The molecular formula is C7H15BO2. The molecule has 0 rings (SSSR count). The van der Waals surface area contributed by atoms with Crippen molar-refractivity contribution in [1.82, 2.24) is 0 Å². The van der Waals surface area contributed by atoms with Crippen molar-refractivity contribution >= 4 is 7.12 Å². The van der Waals surface area contributed by atoms with E-state index >= 15 is 0 Å². The summed E-state index contributed by atoms with van der Waals surface area (Å²) < 4.78 is 0. The molecule has 10 heavy (non-hydrogen) atoms. The number of rotatable bonds is 5. The quantitative estimate of drug-likeness (QED) is 0.447. The lowest BCUT2D eigenvalue weighted by molar-refractivity contribution is 0.389. The SMILES string of the molecule is C=CC(CCCC)B(O)O. The van der Waals surface area contributed by atoms with Crippen LogP contribution in [0.4, 0.5) is 0 Å². The van der Waals surface area contributed by atoms with Gasteiger partial charge in [0.25, 0.3) is 0 Å². The Morgan fingerprint density at radius 2 is 2.20 bits per heavy atom. The van der Waals surface area contributed by atoms with Gasteiger partial charge >= 0.3 is 7.12 Å². The lowest BCUT2D eigenvalue weighted by Crippen LogP contribution is -2.18. The Morgan fingerprint density at radius 1 is 1.60 bits per heavy atom. The Balaban J connectivity index is 3.50. The molecule has 1 atom stereocenters. The van der Waals surface area contributed by atoms with Crippen molar-refractivity contribution < 1.29 is 10.0 Å². The molecule has 58 valence electrons. The molecule has 0 spiro atoms. The standard InChI is InChI=1S/C7H15BO2/c1-3-5-6-7(4-2)8(9)10/h4,7,9-10H,2-3,5-6H2,1H3. The molecule has 0 aromatic heterocycles. The van der Waals surface area contributed by atoms with E-state index in [2.05, 4.69) is 13.5 Å². The lowest BCUT2D eigenvalue weighted by atomic mass is 9.70. The third-order valence-electron chi connectivity index (χ3n) is 1.58. The zero-order valence-corrected chi connectivity index (χ0v) is 6.45. The largest absolute Gasteiger partial charge is 0.458 e. The normalized spacial score (nSPS) is 12.7. The van der Waals surface area contributed by atoms with Crippen LogP contribution >= 0.6 is 0 Å². The van der Waals surface area contributed by atoms with E-state index in [1.807, 2.05) is 0 Å². The van der Waals surface area contributed by atoms with Crippen LogP contribution in [0.5, 0.6) is 0 Å². The lowest BCUT2D eigenvalue weighted by Gasteiger charge is -2.08. The van der Waals surface area contributed by atoms with Crippen LogP contribution in [-0.2, 0) is 0 Å². The van der Waals surface area contributed by atoms with Gasteiger partial charge in [0, 0.05) is 5.82 Å². The van der Waals surface area contributed by atoms with Gasteiger partial charge in [-0.15, -0.1) is 6.58 Å². The molecule has 0 fully saturated rings. The Labute approximate surface area is 62.7 Å². The third kappa shape index (κ3) is 3.69. The van der Waals surface area contributed by atoms with Gasteiger partial charge in [-0.2, -0.15) is 0 Å². The highest BCUT2D eigenvalue weighted by atomic mass is 16.4. The molecule has 0 radical (unpaired) electrons.